The van der Waals surface area contributed by atoms with Crippen molar-refractivity contribution >= 4 is 0 Å². The lowest BCUT2D eigenvalue weighted by molar-refractivity contribution is 0.161. The molecule has 56 valence electrons. The molecule has 0 aromatic heterocycles. The maximum atomic E-state index is 8.59. The Morgan fingerprint density at radius 1 is 1.45 bits per heavy atom. The monoisotopic (exact) mass is 148 g/mol. The van der Waals surface area contributed by atoms with E-state index in [1.165, 1.54) is 0 Å². The van der Waals surface area contributed by atoms with Crippen molar-refractivity contribution in [1.29, 1.82) is 5.26 Å². The summed E-state index contributed by atoms with van der Waals surface area (Å²) in [4.78, 5) is 0. The summed E-state index contributed by atoms with van der Waals surface area (Å²) < 4.78 is 0. The summed E-state index contributed by atoms with van der Waals surface area (Å²) >= 11 is 0. The van der Waals surface area contributed by atoms with Crippen LogP contribution in [0, 0.1) is 11.3 Å². The van der Waals surface area contributed by atoms with Gasteiger partial charge in [-0.25, -0.2) is 5.48 Å². The molecule has 0 aliphatic rings. The lowest BCUT2D eigenvalue weighted by Crippen LogP contribution is -2.07. The van der Waals surface area contributed by atoms with Crippen molar-refractivity contribution in [1.82, 2.24) is 5.48 Å². The highest BCUT2D eigenvalue weighted by Crippen LogP contribution is 2.05. The molecule has 0 saturated heterocycles. The van der Waals surface area contributed by atoms with E-state index in [1.54, 1.807) is 18.2 Å². The molecular weight excluding hydrogens is 140 g/mol. The van der Waals surface area contributed by atoms with Crippen molar-refractivity contribution in [2.75, 3.05) is 0 Å². The SMILES string of the molecule is N#Cc1ccccc1CNO. The first kappa shape index (κ1) is 7.73. The number of benzene rings is 1. The number of nitrogens with one attached hydrogen (secondary N) is 1. The van der Waals surface area contributed by atoms with Crippen molar-refractivity contribution in [3.05, 3.63) is 35.4 Å². The van der Waals surface area contributed by atoms with Gasteiger partial charge in [-0.15, -0.1) is 0 Å². The smallest absolute Gasteiger partial charge is 0.0995 e. The second kappa shape index (κ2) is 3.71. The summed E-state index contributed by atoms with van der Waals surface area (Å²) in [6.45, 7) is 0.309. The second-order valence-corrected chi connectivity index (χ2v) is 2.10. The highest BCUT2D eigenvalue weighted by molar-refractivity contribution is 5.36. The first-order valence-corrected chi connectivity index (χ1v) is 3.23. The number of rotatable bonds is 2. The van der Waals surface area contributed by atoms with Crippen molar-refractivity contribution in [2.24, 2.45) is 0 Å². The zero-order valence-corrected chi connectivity index (χ0v) is 5.91. The third-order valence-corrected chi connectivity index (χ3v) is 1.41. The molecule has 0 fully saturated rings. The molecule has 3 heteroatoms. The Hall–Kier alpha value is -1.37. The van der Waals surface area contributed by atoms with Gasteiger partial charge < -0.3 is 5.21 Å². The molecule has 0 aliphatic heterocycles. The summed E-state index contributed by atoms with van der Waals surface area (Å²) in [5.41, 5.74) is 3.40. The van der Waals surface area contributed by atoms with Crippen molar-refractivity contribution in [3.63, 3.8) is 0 Å². The van der Waals surface area contributed by atoms with Crippen LogP contribution in [0.5, 0.6) is 0 Å². The molecule has 0 radical (unpaired) electrons. The third-order valence-electron chi connectivity index (χ3n) is 1.41. The highest BCUT2D eigenvalue weighted by Gasteiger charge is 1.97. The summed E-state index contributed by atoms with van der Waals surface area (Å²) in [5.74, 6) is 0. The average molecular weight is 148 g/mol. The first-order valence-electron chi connectivity index (χ1n) is 3.23. The van der Waals surface area contributed by atoms with Crippen molar-refractivity contribution < 1.29 is 5.21 Å². The standard InChI is InChI=1S/C8H8N2O/c9-5-7-3-1-2-4-8(7)6-10-11/h1-4,10-11H,6H2. The van der Waals surface area contributed by atoms with E-state index in [0.717, 1.165) is 5.56 Å². The molecule has 1 aromatic rings. The van der Waals surface area contributed by atoms with Gasteiger partial charge in [-0.05, 0) is 11.6 Å². The molecule has 11 heavy (non-hydrogen) atoms. The van der Waals surface area contributed by atoms with Crippen LogP contribution in [0.3, 0.4) is 0 Å². The van der Waals surface area contributed by atoms with Gasteiger partial charge in [0, 0.05) is 6.54 Å². The Morgan fingerprint density at radius 2 is 2.18 bits per heavy atom. The Morgan fingerprint density at radius 3 is 2.82 bits per heavy atom. The van der Waals surface area contributed by atoms with Crippen molar-refractivity contribution in [3.8, 4) is 6.07 Å². The Balaban J connectivity index is 2.95. The van der Waals surface area contributed by atoms with Crippen LogP contribution in [-0.4, -0.2) is 5.21 Å². The molecular formula is C8H8N2O. The molecule has 0 heterocycles. The van der Waals surface area contributed by atoms with Gasteiger partial charge >= 0.3 is 0 Å². The van der Waals surface area contributed by atoms with Crippen molar-refractivity contribution in [2.45, 2.75) is 6.54 Å². The first-order chi connectivity index (χ1) is 5.38. The van der Waals surface area contributed by atoms with Gasteiger partial charge in [0.2, 0.25) is 0 Å². The topological polar surface area (TPSA) is 56.0 Å². The van der Waals surface area contributed by atoms with E-state index in [-0.39, 0.29) is 0 Å². The molecule has 2 N–H and O–H groups in total. The predicted molar refractivity (Wildman–Crippen MR) is 39.8 cm³/mol. The molecule has 3 nitrogen and oxygen atoms in total. The Kier molecular flexibility index (Phi) is 2.61. The van der Waals surface area contributed by atoms with Crippen LogP contribution >= 0.6 is 0 Å². The molecule has 0 unspecified atom stereocenters. The molecule has 1 rings (SSSR count). The number of nitriles is 1. The van der Waals surface area contributed by atoms with Crippen LogP contribution < -0.4 is 5.48 Å². The van der Waals surface area contributed by atoms with E-state index in [4.69, 9.17) is 10.5 Å². The summed E-state index contributed by atoms with van der Waals surface area (Å²) in [6, 6.07) is 9.16. The van der Waals surface area contributed by atoms with Gasteiger partial charge in [0.15, 0.2) is 0 Å². The largest absolute Gasteiger partial charge is 0.316 e. The molecule has 0 aliphatic carbocycles. The summed E-state index contributed by atoms with van der Waals surface area (Å²) in [7, 11) is 0. The molecule has 0 atom stereocenters. The lowest BCUT2D eigenvalue weighted by Gasteiger charge is -1.99. The van der Waals surface area contributed by atoms with E-state index in [2.05, 4.69) is 0 Å². The van der Waals surface area contributed by atoms with Gasteiger partial charge in [0.25, 0.3) is 0 Å². The zero-order valence-electron chi connectivity index (χ0n) is 5.91. The fourth-order valence-electron chi connectivity index (χ4n) is 0.869. The Bertz CT molecular complexity index is 278. The minimum Gasteiger partial charge on any atom is -0.316 e. The van der Waals surface area contributed by atoms with Crippen LogP contribution in [0.1, 0.15) is 11.1 Å². The summed E-state index contributed by atoms with van der Waals surface area (Å²) in [5, 5.41) is 17.0. The molecule has 0 amide bonds. The predicted octanol–water partition coefficient (Wildman–Crippen LogP) is 1.04. The lowest BCUT2D eigenvalue weighted by atomic mass is 10.1. The minimum absolute atomic E-state index is 0.309. The number of hydroxylamine groups is 1. The molecule has 1 aromatic carbocycles. The second-order valence-electron chi connectivity index (χ2n) is 2.10. The normalized spacial score (nSPS) is 9.09. The number of nitrogens with zero attached hydrogens (tertiary/aromatic N) is 1. The molecule has 0 spiro atoms. The van der Waals surface area contributed by atoms with Gasteiger partial charge in [-0.3, -0.25) is 0 Å². The van der Waals surface area contributed by atoms with Crippen LogP contribution in [0.4, 0.5) is 0 Å². The van der Waals surface area contributed by atoms with E-state index < -0.39 is 0 Å². The van der Waals surface area contributed by atoms with E-state index in [1.807, 2.05) is 17.6 Å². The maximum Gasteiger partial charge on any atom is 0.0995 e. The van der Waals surface area contributed by atoms with Crippen LogP contribution in [0.25, 0.3) is 0 Å². The Labute approximate surface area is 64.9 Å². The highest BCUT2D eigenvalue weighted by atomic mass is 16.5. The van der Waals surface area contributed by atoms with Gasteiger partial charge in [0.1, 0.15) is 0 Å². The van der Waals surface area contributed by atoms with Gasteiger partial charge in [-0.1, -0.05) is 18.2 Å². The quantitative estimate of drug-likeness (QED) is 0.616. The van der Waals surface area contributed by atoms with E-state index >= 15 is 0 Å². The molecule has 0 saturated carbocycles. The molecule has 0 bridgehead atoms. The fraction of sp³-hybridized carbons (Fsp3) is 0.125. The third kappa shape index (κ3) is 1.77. The summed E-state index contributed by atoms with van der Waals surface area (Å²) in [6.07, 6.45) is 0. The fourth-order valence-corrected chi connectivity index (χ4v) is 0.869. The van der Waals surface area contributed by atoms with E-state index in [0.29, 0.717) is 12.1 Å². The zero-order chi connectivity index (χ0) is 8.10. The van der Waals surface area contributed by atoms with Crippen LogP contribution in [0.2, 0.25) is 0 Å². The maximum absolute atomic E-state index is 8.59. The average Bonchev–Trinajstić information content (AvgIpc) is 2.06. The number of hydrogen-bond acceptors (Lipinski definition) is 3. The van der Waals surface area contributed by atoms with E-state index in [9.17, 15) is 0 Å². The minimum atomic E-state index is 0.309. The van der Waals surface area contributed by atoms with Gasteiger partial charge in [0.05, 0.1) is 11.6 Å². The van der Waals surface area contributed by atoms with Gasteiger partial charge in [-0.2, -0.15) is 5.26 Å². The van der Waals surface area contributed by atoms with Crippen LogP contribution in [0.15, 0.2) is 24.3 Å². The van der Waals surface area contributed by atoms with Crippen LogP contribution in [-0.2, 0) is 6.54 Å². The number of hydrogen-bond donors (Lipinski definition) is 2.